The van der Waals surface area contributed by atoms with Crippen LogP contribution in [-0.2, 0) is 4.79 Å². The van der Waals surface area contributed by atoms with Crippen molar-refractivity contribution in [2.24, 2.45) is 0 Å². The summed E-state index contributed by atoms with van der Waals surface area (Å²) in [6, 6.07) is 16.5. The van der Waals surface area contributed by atoms with E-state index in [2.05, 4.69) is 11.8 Å². The van der Waals surface area contributed by atoms with Crippen LogP contribution in [0.4, 0.5) is 0 Å². The van der Waals surface area contributed by atoms with E-state index in [0.717, 1.165) is 5.56 Å². The number of hydrogen-bond acceptors (Lipinski definition) is 3. The van der Waals surface area contributed by atoms with Crippen molar-refractivity contribution in [3.8, 4) is 11.8 Å². The first-order chi connectivity index (χ1) is 10.7. The second kappa shape index (κ2) is 8.21. The summed E-state index contributed by atoms with van der Waals surface area (Å²) in [5, 5.41) is 0.116. The van der Waals surface area contributed by atoms with Gasteiger partial charge in [-0.2, -0.15) is 0 Å². The number of hydrogen-bond donors (Lipinski definition) is 0. The van der Waals surface area contributed by atoms with E-state index in [1.807, 2.05) is 42.5 Å². The molecule has 0 atom stereocenters. The predicted octanol–water partition coefficient (Wildman–Crippen LogP) is 3.94. The molecule has 0 amide bonds. The highest BCUT2D eigenvalue weighted by Crippen LogP contribution is 2.10. The molecule has 22 heavy (non-hydrogen) atoms. The molecule has 0 saturated heterocycles. The molecule has 0 bridgehead atoms. The molecule has 0 heterocycles. The van der Waals surface area contributed by atoms with Gasteiger partial charge in [0.05, 0.1) is 0 Å². The Hall–Kier alpha value is -2.31. The normalized spacial score (nSPS) is 9.68. The van der Waals surface area contributed by atoms with Crippen molar-refractivity contribution in [1.29, 1.82) is 0 Å². The number of carbonyl (C=O) groups is 2. The Bertz CT molecular complexity index is 707. The fourth-order valence-electron chi connectivity index (χ4n) is 1.87. The third-order valence-corrected chi connectivity index (χ3v) is 3.76. The SMILES string of the molecule is CC(=O)SCCC#Cc1ccc(C(=O)c2ccccc2)cc1. The summed E-state index contributed by atoms with van der Waals surface area (Å²) in [5.74, 6) is 6.79. The second-order valence-corrected chi connectivity index (χ2v) is 5.94. The molecule has 0 N–H and O–H groups in total. The van der Waals surface area contributed by atoms with Crippen molar-refractivity contribution in [1.82, 2.24) is 0 Å². The first-order valence-corrected chi connectivity index (χ1v) is 7.97. The van der Waals surface area contributed by atoms with Crippen LogP contribution < -0.4 is 0 Å². The van der Waals surface area contributed by atoms with Gasteiger partial charge >= 0.3 is 0 Å². The number of thioether (sulfide) groups is 1. The topological polar surface area (TPSA) is 34.1 Å². The van der Waals surface area contributed by atoms with Gasteiger partial charge in [0.15, 0.2) is 10.9 Å². The molecular formula is C19H16O2S. The van der Waals surface area contributed by atoms with Crippen molar-refractivity contribution in [3.63, 3.8) is 0 Å². The molecule has 2 nitrogen and oxygen atoms in total. The first-order valence-electron chi connectivity index (χ1n) is 6.99. The summed E-state index contributed by atoms with van der Waals surface area (Å²) in [6.45, 7) is 1.56. The van der Waals surface area contributed by atoms with Gasteiger partial charge in [0.25, 0.3) is 0 Å². The molecule has 0 aliphatic rings. The lowest BCUT2D eigenvalue weighted by Gasteiger charge is -2.01. The van der Waals surface area contributed by atoms with Gasteiger partial charge < -0.3 is 0 Å². The fraction of sp³-hybridized carbons (Fsp3) is 0.158. The predicted molar refractivity (Wildman–Crippen MR) is 91.0 cm³/mol. The average Bonchev–Trinajstić information content (AvgIpc) is 2.55. The molecular weight excluding hydrogens is 292 g/mol. The van der Waals surface area contributed by atoms with Gasteiger partial charge in [-0.1, -0.05) is 53.9 Å². The summed E-state index contributed by atoms with van der Waals surface area (Å²) in [6.07, 6.45) is 0.676. The number of benzene rings is 2. The van der Waals surface area contributed by atoms with Crippen LogP contribution in [0.3, 0.4) is 0 Å². The fourth-order valence-corrected chi connectivity index (χ4v) is 2.36. The lowest BCUT2D eigenvalue weighted by Crippen LogP contribution is -2.00. The van der Waals surface area contributed by atoms with Gasteiger partial charge in [-0.15, -0.1) is 0 Å². The molecule has 110 valence electrons. The number of ketones is 1. The highest BCUT2D eigenvalue weighted by Gasteiger charge is 2.07. The van der Waals surface area contributed by atoms with Gasteiger partial charge in [0, 0.05) is 35.8 Å². The zero-order chi connectivity index (χ0) is 15.8. The zero-order valence-corrected chi connectivity index (χ0v) is 13.2. The molecule has 0 radical (unpaired) electrons. The molecule has 0 aliphatic carbocycles. The third kappa shape index (κ3) is 4.91. The summed E-state index contributed by atoms with van der Waals surface area (Å²) in [4.78, 5) is 23.0. The molecule has 2 aromatic carbocycles. The van der Waals surface area contributed by atoms with Crippen molar-refractivity contribution < 1.29 is 9.59 Å². The van der Waals surface area contributed by atoms with Crippen LogP contribution >= 0.6 is 11.8 Å². The minimum Gasteiger partial charge on any atom is -0.289 e. The molecule has 2 rings (SSSR count). The molecule has 0 fully saturated rings. The third-order valence-electron chi connectivity index (χ3n) is 2.95. The Labute approximate surface area is 134 Å². The number of rotatable bonds is 4. The molecule has 0 saturated carbocycles. The van der Waals surface area contributed by atoms with Crippen molar-refractivity contribution >= 4 is 22.7 Å². The van der Waals surface area contributed by atoms with Gasteiger partial charge in [0.1, 0.15) is 0 Å². The smallest absolute Gasteiger partial charge is 0.193 e. The maximum Gasteiger partial charge on any atom is 0.193 e. The Kier molecular flexibility index (Phi) is 6.00. The van der Waals surface area contributed by atoms with E-state index in [4.69, 9.17) is 0 Å². The molecule has 2 aromatic rings. The Balaban J connectivity index is 1.97. The van der Waals surface area contributed by atoms with E-state index in [1.54, 1.807) is 19.1 Å². The van der Waals surface area contributed by atoms with Gasteiger partial charge in [-0.25, -0.2) is 0 Å². The highest BCUT2D eigenvalue weighted by atomic mass is 32.2. The Morgan fingerprint density at radius 2 is 1.59 bits per heavy atom. The first kappa shape index (κ1) is 16.1. The Morgan fingerprint density at radius 1 is 0.955 bits per heavy atom. The summed E-state index contributed by atoms with van der Waals surface area (Å²) in [5.41, 5.74) is 2.21. The van der Waals surface area contributed by atoms with Crippen LogP contribution in [-0.4, -0.2) is 16.7 Å². The molecule has 0 aliphatic heterocycles. The summed E-state index contributed by atoms with van der Waals surface area (Å²) in [7, 11) is 0. The maximum atomic E-state index is 12.2. The van der Waals surface area contributed by atoms with E-state index >= 15 is 0 Å². The van der Waals surface area contributed by atoms with Crippen LogP contribution in [0, 0.1) is 11.8 Å². The Morgan fingerprint density at radius 3 is 2.23 bits per heavy atom. The molecule has 3 heteroatoms. The maximum absolute atomic E-state index is 12.2. The molecule has 0 unspecified atom stereocenters. The van der Waals surface area contributed by atoms with Crippen LogP contribution in [0.1, 0.15) is 34.8 Å². The van der Waals surface area contributed by atoms with Crippen molar-refractivity contribution in [3.05, 3.63) is 71.3 Å². The van der Waals surface area contributed by atoms with Crippen LogP contribution in [0.25, 0.3) is 0 Å². The highest BCUT2D eigenvalue weighted by molar-refractivity contribution is 8.13. The molecule has 0 spiro atoms. The van der Waals surface area contributed by atoms with E-state index < -0.39 is 0 Å². The van der Waals surface area contributed by atoms with Crippen LogP contribution in [0.2, 0.25) is 0 Å². The largest absolute Gasteiger partial charge is 0.289 e. The monoisotopic (exact) mass is 308 g/mol. The van der Waals surface area contributed by atoms with Crippen molar-refractivity contribution in [2.75, 3.05) is 5.75 Å². The minimum absolute atomic E-state index is 0.0120. The molecule has 0 aromatic heterocycles. The lowest BCUT2D eigenvalue weighted by molar-refractivity contribution is -0.109. The van der Waals surface area contributed by atoms with Gasteiger partial charge in [-0.05, 0) is 24.3 Å². The minimum atomic E-state index is 0.0120. The number of carbonyl (C=O) groups excluding carboxylic acids is 2. The van der Waals surface area contributed by atoms with E-state index in [9.17, 15) is 9.59 Å². The van der Waals surface area contributed by atoms with Gasteiger partial charge in [-0.3, -0.25) is 9.59 Å². The van der Waals surface area contributed by atoms with Crippen LogP contribution in [0.15, 0.2) is 54.6 Å². The van der Waals surface area contributed by atoms with E-state index in [0.29, 0.717) is 23.3 Å². The average molecular weight is 308 g/mol. The van der Waals surface area contributed by atoms with Gasteiger partial charge in [0.2, 0.25) is 0 Å². The quantitative estimate of drug-likeness (QED) is 0.487. The zero-order valence-electron chi connectivity index (χ0n) is 12.3. The van der Waals surface area contributed by atoms with Crippen LogP contribution in [0.5, 0.6) is 0 Å². The summed E-state index contributed by atoms with van der Waals surface area (Å²) >= 11 is 1.28. The van der Waals surface area contributed by atoms with Crippen molar-refractivity contribution in [2.45, 2.75) is 13.3 Å². The van der Waals surface area contributed by atoms with E-state index in [-0.39, 0.29) is 10.9 Å². The van der Waals surface area contributed by atoms with E-state index in [1.165, 1.54) is 11.8 Å². The standard InChI is InChI=1S/C19H16O2S/c1-15(20)22-14-6-5-7-16-10-12-18(13-11-16)19(21)17-8-3-2-4-9-17/h2-4,8-13H,6,14H2,1H3. The summed E-state index contributed by atoms with van der Waals surface area (Å²) < 4.78 is 0. The second-order valence-electron chi connectivity index (χ2n) is 4.66. The lowest BCUT2D eigenvalue weighted by atomic mass is 10.0.